The fourth-order valence-electron chi connectivity index (χ4n) is 2.00. The third kappa shape index (κ3) is 2.49. The number of hydrogen-bond donors (Lipinski definition) is 3. The average Bonchev–Trinajstić information content (AvgIpc) is 2.43. The minimum atomic E-state index is -0.717. The number of halogens is 1. The molecule has 0 aliphatic carbocycles. The van der Waals surface area contributed by atoms with Gasteiger partial charge in [0.05, 0.1) is 12.2 Å². The van der Waals surface area contributed by atoms with E-state index in [1.54, 1.807) is 6.07 Å². The van der Waals surface area contributed by atoms with Crippen LogP contribution in [0.1, 0.15) is 5.56 Å². The number of likely N-dealkylation sites (tertiary alicyclic amines) is 1. The maximum atomic E-state index is 13.1. The predicted molar refractivity (Wildman–Crippen MR) is 58.1 cm³/mol. The lowest BCUT2D eigenvalue weighted by Gasteiger charge is -2.14. The predicted octanol–water partition coefficient (Wildman–Crippen LogP) is -0.0547. The van der Waals surface area contributed by atoms with E-state index in [0.29, 0.717) is 25.3 Å². The largest absolute Gasteiger partial charge is 0.399 e. The van der Waals surface area contributed by atoms with Crippen molar-refractivity contribution in [2.45, 2.75) is 18.8 Å². The minimum Gasteiger partial charge on any atom is -0.399 e. The van der Waals surface area contributed by atoms with E-state index in [9.17, 15) is 14.6 Å². The molecule has 0 aromatic heterocycles. The molecule has 0 radical (unpaired) electrons. The lowest BCUT2D eigenvalue weighted by Crippen LogP contribution is -2.22. The van der Waals surface area contributed by atoms with Crippen molar-refractivity contribution in [2.75, 3.05) is 18.8 Å². The first-order valence-electron chi connectivity index (χ1n) is 5.18. The first-order chi connectivity index (χ1) is 7.54. The molecule has 1 aromatic rings. The number of nitrogen functional groups attached to an aromatic ring is 1. The molecule has 1 aromatic carbocycles. The van der Waals surface area contributed by atoms with Crippen molar-refractivity contribution in [3.05, 3.63) is 29.6 Å². The summed E-state index contributed by atoms with van der Waals surface area (Å²) in [6.45, 7) is 1.28. The van der Waals surface area contributed by atoms with Crippen LogP contribution in [-0.2, 0) is 6.54 Å². The van der Waals surface area contributed by atoms with Gasteiger partial charge in [0.1, 0.15) is 5.82 Å². The molecule has 2 rings (SSSR count). The summed E-state index contributed by atoms with van der Waals surface area (Å²) >= 11 is 0. The first kappa shape index (κ1) is 11.3. The van der Waals surface area contributed by atoms with Gasteiger partial charge in [-0.15, -0.1) is 0 Å². The number of anilines is 1. The summed E-state index contributed by atoms with van der Waals surface area (Å²) in [6, 6.07) is 4.37. The summed E-state index contributed by atoms with van der Waals surface area (Å²) in [7, 11) is 0. The van der Waals surface area contributed by atoms with E-state index in [4.69, 9.17) is 5.73 Å². The number of β-amino-alcohol motifs (C(OH)–C–C–N with tert-alkyl or cyclic N) is 2. The molecule has 4 N–H and O–H groups in total. The molecule has 0 spiro atoms. The lowest BCUT2D eigenvalue weighted by molar-refractivity contribution is 0.0572. The summed E-state index contributed by atoms with van der Waals surface area (Å²) in [4.78, 5) is 1.86. The number of aliphatic hydroxyl groups excluding tert-OH is 2. The molecule has 1 heterocycles. The van der Waals surface area contributed by atoms with Crippen molar-refractivity contribution in [1.29, 1.82) is 0 Å². The average molecular weight is 226 g/mol. The van der Waals surface area contributed by atoms with Crippen LogP contribution in [0, 0.1) is 5.82 Å². The Balaban J connectivity index is 2.04. The van der Waals surface area contributed by atoms with Crippen LogP contribution in [0.25, 0.3) is 0 Å². The maximum Gasteiger partial charge on any atom is 0.125 e. The minimum absolute atomic E-state index is 0.365. The fourth-order valence-corrected chi connectivity index (χ4v) is 2.00. The van der Waals surface area contributed by atoms with E-state index < -0.39 is 12.2 Å². The molecule has 1 aliphatic heterocycles. The second kappa shape index (κ2) is 4.37. The van der Waals surface area contributed by atoms with Crippen LogP contribution in [0.2, 0.25) is 0 Å². The molecular formula is C11H15FN2O2. The van der Waals surface area contributed by atoms with E-state index in [2.05, 4.69) is 0 Å². The molecule has 0 saturated carbocycles. The van der Waals surface area contributed by atoms with Crippen LogP contribution < -0.4 is 5.73 Å². The monoisotopic (exact) mass is 226 g/mol. The topological polar surface area (TPSA) is 69.7 Å². The molecule has 5 heteroatoms. The molecular weight excluding hydrogens is 211 g/mol. The van der Waals surface area contributed by atoms with E-state index in [1.807, 2.05) is 4.90 Å². The van der Waals surface area contributed by atoms with E-state index >= 15 is 0 Å². The van der Waals surface area contributed by atoms with Crippen LogP contribution >= 0.6 is 0 Å². The Morgan fingerprint density at radius 3 is 2.44 bits per heavy atom. The zero-order valence-electron chi connectivity index (χ0n) is 8.81. The van der Waals surface area contributed by atoms with Crippen molar-refractivity contribution in [3.8, 4) is 0 Å². The molecule has 88 valence electrons. The van der Waals surface area contributed by atoms with Gasteiger partial charge < -0.3 is 15.9 Å². The first-order valence-corrected chi connectivity index (χ1v) is 5.18. The normalized spacial score (nSPS) is 26.2. The summed E-state index contributed by atoms with van der Waals surface area (Å²) in [5, 5.41) is 18.7. The maximum absolute atomic E-state index is 13.1. The van der Waals surface area contributed by atoms with E-state index in [0.717, 1.165) is 5.56 Å². The molecule has 2 atom stereocenters. The van der Waals surface area contributed by atoms with Crippen molar-refractivity contribution in [2.24, 2.45) is 0 Å². The van der Waals surface area contributed by atoms with Gasteiger partial charge in [-0.25, -0.2) is 4.39 Å². The molecule has 4 nitrogen and oxygen atoms in total. The van der Waals surface area contributed by atoms with Crippen molar-refractivity contribution in [1.82, 2.24) is 4.90 Å². The van der Waals surface area contributed by atoms with Gasteiger partial charge in [0.15, 0.2) is 0 Å². The highest BCUT2D eigenvalue weighted by atomic mass is 19.1. The van der Waals surface area contributed by atoms with Crippen molar-refractivity contribution < 1.29 is 14.6 Å². The molecule has 0 amide bonds. The van der Waals surface area contributed by atoms with Crippen LogP contribution in [0.15, 0.2) is 18.2 Å². The van der Waals surface area contributed by atoms with E-state index in [1.165, 1.54) is 12.1 Å². The zero-order valence-corrected chi connectivity index (χ0v) is 8.81. The second-order valence-corrected chi connectivity index (χ2v) is 4.22. The molecule has 0 bridgehead atoms. The summed E-state index contributed by atoms with van der Waals surface area (Å²) in [6.07, 6.45) is -1.43. The summed E-state index contributed by atoms with van der Waals surface area (Å²) in [5.74, 6) is -0.365. The van der Waals surface area contributed by atoms with E-state index in [-0.39, 0.29) is 5.82 Å². The smallest absolute Gasteiger partial charge is 0.125 e. The van der Waals surface area contributed by atoms with Gasteiger partial charge in [-0.05, 0) is 23.8 Å². The van der Waals surface area contributed by atoms with Gasteiger partial charge in [-0.2, -0.15) is 0 Å². The fraction of sp³-hybridized carbons (Fsp3) is 0.455. The van der Waals surface area contributed by atoms with Crippen LogP contribution in [0.3, 0.4) is 0 Å². The second-order valence-electron chi connectivity index (χ2n) is 4.22. The summed E-state index contributed by atoms with van der Waals surface area (Å²) < 4.78 is 13.1. The third-order valence-electron chi connectivity index (χ3n) is 2.72. The van der Waals surface area contributed by atoms with Gasteiger partial charge in [0, 0.05) is 25.3 Å². The molecule has 1 fully saturated rings. The van der Waals surface area contributed by atoms with Gasteiger partial charge in [-0.3, -0.25) is 4.90 Å². The van der Waals surface area contributed by atoms with Crippen LogP contribution in [-0.4, -0.2) is 40.4 Å². The Bertz CT molecular complexity index is 356. The molecule has 1 aliphatic rings. The van der Waals surface area contributed by atoms with Gasteiger partial charge >= 0.3 is 0 Å². The van der Waals surface area contributed by atoms with Crippen LogP contribution in [0.5, 0.6) is 0 Å². The van der Waals surface area contributed by atoms with Crippen LogP contribution in [0.4, 0.5) is 10.1 Å². The summed E-state index contributed by atoms with van der Waals surface area (Å²) in [5.41, 5.74) is 6.66. The zero-order chi connectivity index (χ0) is 11.7. The Hall–Kier alpha value is -1.17. The quantitative estimate of drug-likeness (QED) is 0.618. The SMILES string of the molecule is Nc1cc(F)cc(CN2CC(O)C(O)C2)c1. The molecule has 2 unspecified atom stereocenters. The lowest BCUT2D eigenvalue weighted by atomic mass is 10.2. The Labute approximate surface area is 93.1 Å². The van der Waals surface area contributed by atoms with Gasteiger partial charge in [0.2, 0.25) is 0 Å². The molecule has 16 heavy (non-hydrogen) atoms. The number of nitrogens with two attached hydrogens (primary N) is 1. The highest BCUT2D eigenvalue weighted by molar-refractivity contribution is 5.41. The highest BCUT2D eigenvalue weighted by Crippen LogP contribution is 2.17. The van der Waals surface area contributed by atoms with Crippen molar-refractivity contribution >= 4 is 5.69 Å². The Kier molecular flexibility index (Phi) is 3.09. The number of hydrogen-bond acceptors (Lipinski definition) is 4. The number of rotatable bonds is 2. The van der Waals surface area contributed by atoms with Crippen molar-refractivity contribution in [3.63, 3.8) is 0 Å². The molecule has 1 saturated heterocycles. The Morgan fingerprint density at radius 2 is 1.88 bits per heavy atom. The Morgan fingerprint density at radius 1 is 1.25 bits per heavy atom. The highest BCUT2D eigenvalue weighted by Gasteiger charge is 2.29. The van der Waals surface area contributed by atoms with Gasteiger partial charge in [-0.1, -0.05) is 0 Å². The number of nitrogens with zero attached hydrogens (tertiary/aromatic N) is 1. The third-order valence-corrected chi connectivity index (χ3v) is 2.72. The number of benzene rings is 1. The standard InChI is InChI=1S/C11H15FN2O2/c12-8-1-7(2-9(13)3-8)4-14-5-10(15)11(16)6-14/h1-3,10-11,15-16H,4-6,13H2. The number of aliphatic hydroxyl groups is 2. The van der Waals surface area contributed by atoms with Gasteiger partial charge in [0.25, 0.3) is 0 Å².